The molecule has 0 amide bonds. The van der Waals surface area contributed by atoms with Gasteiger partial charge in [0.25, 0.3) is 0 Å². The minimum absolute atomic E-state index is 0.458. The molecule has 0 aliphatic carbocycles. The number of para-hydroxylation sites is 1. The molecule has 19 heavy (non-hydrogen) atoms. The number of carbonyl (C=O) groups is 1. The number of carbonyl (C=O) groups excluding carboxylic acids is 1. The van der Waals surface area contributed by atoms with E-state index in [1.807, 2.05) is 54.6 Å². The molecule has 4 nitrogen and oxygen atoms in total. The lowest BCUT2D eigenvalue weighted by molar-refractivity contribution is -0.103. The Hall–Kier alpha value is -2.75. The van der Waals surface area contributed by atoms with E-state index in [1.54, 1.807) is 10.8 Å². The highest BCUT2D eigenvalue weighted by atomic mass is 16.1. The lowest BCUT2D eigenvalue weighted by Crippen LogP contribution is -2.00. The number of benzene rings is 2. The zero-order valence-electron chi connectivity index (χ0n) is 10.1. The molecule has 0 bridgehead atoms. The van der Waals surface area contributed by atoms with Crippen molar-refractivity contribution in [2.45, 2.75) is 0 Å². The Labute approximate surface area is 110 Å². The lowest BCUT2D eigenvalue weighted by Gasteiger charge is -2.01. The van der Waals surface area contributed by atoms with E-state index in [0.717, 1.165) is 22.9 Å². The Kier molecular flexibility index (Phi) is 2.90. The number of hydrogen-bond donors (Lipinski definition) is 0. The van der Waals surface area contributed by atoms with Gasteiger partial charge in [-0.05, 0) is 23.8 Å². The van der Waals surface area contributed by atoms with Crippen LogP contribution in [0.2, 0.25) is 0 Å². The molecule has 0 radical (unpaired) electrons. The van der Waals surface area contributed by atoms with E-state index >= 15 is 0 Å². The van der Waals surface area contributed by atoms with E-state index in [9.17, 15) is 4.79 Å². The molecule has 92 valence electrons. The quantitative estimate of drug-likeness (QED) is 0.529. The molecule has 0 aliphatic rings. The van der Waals surface area contributed by atoms with Gasteiger partial charge in [-0.15, -0.1) is 5.10 Å². The summed E-state index contributed by atoms with van der Waals surface area (Å²) in [7, 11) is 0. The van der Waals surface area contributed by atoms with Crippen molar-refractivity contribution in [2.75, 3.05) is 0 Å². The molecule has 1 aromatic heterocycles. The summed E-state index contributed by atoms with van der Waals surface area (Å²) < 4.78 is 1.55. The Morgan fingerprint density at radius 2 is 1.74 bits per heavy atom. The highest BCUT2D eigenvalue weighted by Gasteiger charge is 2.07. The summed E-state index contributed by atoms with van der Waals surface area (Å²) in [6, 6.07) is 17.2. The minimum Gasteiger partial charge on any atom is -0.296 e. The van der Waals surface area contributed by atoms with Crippen molar-refractivity contribution in [2.24, 2.45) is 0 Å². The highest BCUT2D eigenvalue weighted by molar-refractivity contribution is 6.07. The Morgan fingerprint density at radius 3 is 2.53 bits per heavy atom. The fourth-order valence-electron chi connectivity index (χ4n) is 1.92. The van der Waals surface area contributed by atoms with Crippen LogP contribution in [0.5, 0.6) is 0 Å². The van der Waals surface area contributed by atoms with Gasteiger partial charge >= 0.3 is 0 Å². The van der Waals surface area contributed by atoms with Gasteiger partial charge in [0.05, 0.1) is 5.52 Å². The molecule has 0 saturated carbocycles. The second-order valence-electron chi connectivity index (χ2n) is 4.09. The first kappa shape index (κ1) is 11.3. The third-order valence-electron chi connectivity index (χ3n) is 2.83. The molecule has 0 N–H and O–H groups in total. The summed E-state index contributed by atoms with van der Waals surface area (Å²) in [5.41, 5.74) is 2.99. The van der Waals surface area contributed by atoms with Crippen molar-refractivity contribution in [3.8, 4) is 0 Å². The number of rotatable bonds is 3. The average Bonchev–Trinajstić information content (AvgIpc) is 2.90. The number of nitrogens with zero attached hydrogens (tertiary/aromatic N) is 3. The molecule has 1 heterocycles. The van der Waals surface area contributed by atoms with Crippen LogP contribution in [-0.4, -0.2) is 21.3 Å². The largest absolute Gasteiger partial charge is 0.296 e. The van der Waals surface area contributed by atoms with Gasteiger partial charge in [0, 0.05) is 0 Å². The van der Waals surface area contributed by atoms with Crippen LogP contribution in [0.1, 0.15) is 5.56 Å². The molecule has 0 aliphatic heterocycles. The maximum absolute atomic E-state index is 11.3. The van der Waals surface area contributed by atoms with Gasteiger partial charge in [-0.3, -0.25) is 4.79 Å². The standard InChI is InChI=1S/C15H11N3O/c19-11-13(10-12-6-2-1-3-7-12)18-15-9-5-4-8-14(15)16-17-18/h1-11H/b13-10+. The summed E-state index contributed by atoms with van der Waals surface area (Å²) in [5.74, 6) is 0. The van der Waals surface area contributed by atoms with Crippen LogP contribution in [0.4, 0.5) is 0 Å². The van der Waals surface area contributed by atoms with E-state index < -0.39 is 0 Å². The smallest absolute Gasteiger partial charge is 0.168 e. The molecule has 0 saturated heterocycles. The van der Waals surface area contributed by atoms with Gasteiger partial charge in [0.15, 0.2) is 6.29 Å². The van der Waals surface area contributed by atoms with Crippen molar-refractivity contribution in [3.05, 3.63) is 60.2 Å². The van der Waals surface area contributed by atoms with E-state index in [1.165, 1.54) is 0 Å². The van der Waals surface area contributed by atoms with E-state index in [4.69, 9.17) is 0 Å². The normalized spacial score (nSPS) is 11.7. The van der Waals surface area contributed by atoms with Gasteiger partial charge in [0.1, 0.15) is 11.2 Å². The minimum atomic E-state index is 0.458. The van der Waals surface area contributed by atoms with Crippen LogP contribution >= 0.6 is 0 Å². The number of aldehydes is 1. The summed E-state index contributed by atoms with van der Waals surface area (Å²) in [6.07, 6.45) is 2.57. The highest BCUT2D eigenvalue weighted by Crippen LogP contribution is 2.15. The number of allylic oxidation sites excluding steroid dienone is 1. The van der Waals surface area contributed by atoms with Gasteiger partial charge in [-0.25, -0.2) is 4.68 Å². The Morgan fingerprint density at radius 1 is 1.00 bits per heavy atom. The predicted molar refractivity (Wildman–Crippen MR) is 74.2 cm³/mol. The predicted octanol–water partition coefficient (Wildman–Crippen LogP) is 2.63. The number of fused-ring (bicyclic) bond motifs is 1. The first-order chi connectivity index (χ1) is 9.38. The third kappa shape index (κ3) is 2.15. The van der Waals surface area contributed by atoms with Crippen molar-refractivity contribution in [1.29, 1.82) is 0 Å². The van der Waals surface area contributed by atoms with Crippen LogP contribution in [-0.2, 0) is 4.79 Å². The van der Waals surface area contributed by atoms with E-state index in [2.05, 4.69) is 10.3 Å². The molecular formula is C15H11N3O. The topological polar surface area (TPSA) is 47.8 Å². The molecule has 3 rings (SSSR count). The lowest BCUT2D eigenvalue weighted by atomic mass is 10.2. The molecule has 3 aromatic rings. The first-order valence-corrected chi connectivity index (χ1v) is 5.91. The summed E-state index contributed by atoms with van der Waals surface area (Å²) in [6.45, 7) is 0. The molecule has 4 heteroatoms. The molecule has 0 atom stereocenters. The van der Waals surface area contributed by atoms with E-state index in [-0.39, 0.29) is 0 Å². The van der Waals surface area contributed by atoms with Gasteiger partial charge < -0.3 is 0 Å². The maximum atomic E-state index is 11.3. The van der Waals surface area contributed by atoms with Crippen molar-refractivity contribution in [3.63, 3.8) is 0 Å². The third-order valence-corrected chi connectivity index (χ3v) is 2.83. The second-order valence-corrected chi connectivity index (χ2v) is 4.09. The Balaban J connectivity index is 2.13. The first-order valence-electron chi connectivity index (χ1n) is 5.91. The zero-order chi connectivity index (χ0) is 13.1. The molecule has 0 unspecified atom stereocenters. The van der Waals surface area contributed by atoms with Crippen molar-refractivity contribution >= 4 is 29.1 Å². The fourth-order valence-corrected chi connectivity index (χ4v) is 1.92. The number of hydrogen-bond acceptors (Lipinski definition) is 3. The van der Waals surface area contributed by atoms with Gasteiger partial charge in [0.2, 0.25) is 0 Å². The summed E-state index contributed by atoms with van der Waals surface area (Å²) in [5, 5.41) is 8.07. The summed E-state index contributed by atoms with van der Waals surface area (Å²) >= 11 is 0. The second kappa shape index (κ2) is 4.86. The van der Waals surface area contributed by atoms with E-state index in [0.29, 0.717) is 5.70 Å². The molecule has 0 fully saturated rings. The van der Waals surface area contributed by atoms with Crippen molar-refractivity contribution in [1.82, 2.24) is 15.0 Å². The van der Waals surface area contributed by atoms with Crippen LogP contribution in [0.15, 0.2) is 54.6 Å². The molecule has 0 spiro atoms. The zero-order valence-corrected chi connectivity index (χ0v) is 10.1. The monoisotopic (exact) mass is 249 g/mol. The maximum Gasteiger partial charge on any atom is 0.168 e. The fraction of sp³-hybridized carbons (Fsp3) is 0. The van der Waals surface area contributed by atoms with Crippen LogP contribution in [0.3, 0.4) is 0 Å². The van der Waals surface area contributed by atoms with Crippen molar-refractivity contribution < 1.29 is 4.79 Å². The van der Waals surface area contributed by atoms with Crippen LogP contribution < -0.4 is 0 Å². The molecular weight excluding hydrogens is 238 g/mol. The molecule has 2 aromatic carbocycles. The van der Waals surface area contributed by atoms with Gasteiger partial charge in [-0.2, -0.15) is 0 Å². The van der Waals surface area contributed by atoms with Crippen LogP contribution in [0, 0.1) is 0 Å². The van der Waals surface area contributed by atoms with Crippen LogP contribution in [0.25, 0.3) is 22.8 Å². The Bertz CT molecular complexity index is 744. The average molecular weight is 249 g/mol. The van der Waals surface area contributed by atoms with Gasteiger partial charge in [-0.1, -0.05) is 47.7 Å². The SMILES string of the molecule is O=C/C(=C\c1ccccc1)n1nnc2ccccc21. The summed E-state index contributed by atoms with van der Waals surface area (Å²) in [4.78, 5) is 11.3. The number of aromatic nitrogens is 3.